The van der Waals surface area contributed by atoms with Gasteiger partial charge >= 0.3 is 0 Å². The van der Waals surface area contributed by atoms with E-state index in [9.17, 15) is 0 Å². The Bertz CT molecular complexity index is 291. The highest BCUT2D eigenvalue weighted by Gasteiger charge is 2.06. The highest BCUT2D eigenvalue weighted by molar-refractivity contribution is 5.25. The fraction of sp³-hybridized carbons (Fsp3) is 0.571. The van der Waals surface area contributed by atoms with Crippen molar-refractivity contribution in [1.29, 1.82) is 0 Å². The van der Waals surface area contributed by atoms with Crippen LogP contribution in [0.2, 0.25) is 0 Å². The first-order chi connectivity index (χ1) is 7.09. The van der Waals surface area contributed by atoms with Gasteiger partial charge in [-0.1, -0.05) is 38.1 Å². The van der Waals surface area contributed by atoms with Gasteiger partial charge < -0.3 is 5.73 Å². The molecule has 0 aliphatic rings. The first kappa shape index (κ1) is 12.3. The van der Waals surface area contributed by atoms with E-state index in [0.29, 0.717) is 12.0 Å². The van der Waals surface area contributed by atoms with Crippen LogP contribution in [0.3, 0.4) is 0 Å². The number of nitrogens with two attached hydrogens (primary N) is 1. The minimum atomic E-state index is 0.351. The van der Waals surface area contributed by atoms with Crippen molar-refractivity contribution in [2.45, 2.75) is 46.1 Å². The Morgan fingerprint density at radius 3 is 2.47 bits per heavy atom. The predicted octanol–water partition coefficient (Wildman–Crippen LogP) is 3.30. The third kappa shape index (κ3) is 4.48. The van der Waals surface area contributed by atoms with Gasteiger partial charge in [0.2, 0.25) is 0 Å². The second-order valence-corrected chi connectivity index (χ2v) is 4.85. The van der Waals surface area contributed by atoms with Crippen molar-refractivity contribution >= 4 is 0 Å². The molecule has 1 heteroatoms. The van der Waals surface area contributed by atoms with E-state index in [1.807, 2.05) is 0 Å². The van der Waals surface area contributed by atoms with Crippen LogP contribution in [0.25, 0.3) is 0 Å². The molecule has 0 spiro atoms. The fourth-order valence-corrected chi connectivity index (χ4v) is 1.95. The summed E-state index contributed by atoms with van der Waals surface area (Å²) in [5.74, 6) is 0.705. The number of benzene rings is 1. The van der Waals surface area contributed by atoms with E-state index in [1.165, 1.54) is 11.1 Å². The van der Waals surface area contributed by atoms with Gasteiger partial charge in [0.05, 0.1) is 0 Å². The molecule has 0 amide bonds. The highest BCUT2D eigenvalue weighted by Crippen LogP contribution is 2.13. The largest absolute Gasteiger partial charge is 0.328 e. The van der Waals surface area contributed by atoms with Crippen LogP contribution in [-0.2, 0) is 6.42 Å². The standard InChI is InChI=1S/C14H23N/c1-11(2)10-14(15)9-8-13-7-5-4-6-12(13)3/h4-7,11,14H,8-10,15H2,1-3H3. The summed E-state index contributed by atoms with van der Waals surface area (Å²) < 4.78 is 0. The molecule has 1 rings (SSSR count). The number of hydrogen-bond acceptors (Lipinski definition) is 1. The molecule has 1 aromatic rings. The van der Waals surface area contributed by atoms with Crippen LogP contribution >= 0.6 is 0 Å². The van der Waals surface area contributed by atoms with E-state index in [2.05, 4.69) is 45.0 Å². The van der Waals surface area contributed by atoms with E-state index in [-0.39, 0.29) is 0 Å². The summed E-state index contributed by atoms with van der Waals surface area (Å²) in [6, 6.07) is 8.92. The second-order valence-electron chi connectivity index (χ2n) is 4.85. The third-order valence-corrected chi connectivity index (χ3v) is 2.82. The van der Waals surface area contributed by atoms with Crippen LogP contribution in [0.15, 0.2) is 24.3 Å². The molecule has 0 aromatic heterocycles. The van der Waals surface area contributed by atoms with Gasteiger partial charge in [-0.05, 0) is 43.2 Å². The van der Waals surface area contributed by atoms with Crippen LogP contribution in [0.4, 0.5) is 0 Å². The third-order valence-electron chi connectivity index (χ3n) is 2.82. The van der Waals surface area contributed by atoms with Gasteiger partial charge in [-0.2, -0.15) is 0 Å². The van der Waals surface area contributed by atoms with Gasteiger partial charge in [-0.25, -0.2) is 0 Å². The average molecular weight is 205 g/mol. The molecule has 1 atom stereocenters. The Morgan fingerprint density at radius 1 is 1.20 bits per heavy atom. The first-order valence-electron chi connectivity index (χ1n) is 5.89. The highest BCUT2D eigenvalue weighted by atomic mass is 14.6. The topological polar surface area (TPSA) is 26.0 Å². The summed E-state index contributed by atoms with van der Waals surface area (Å²) >= 11 is 0. The summed E-state index contributed by atoms with van der Waals surface area (Å²) in [5, 5.41) is 0. The molecule has 15 heavy (non-hydrogen) atoms. The molecule has 0 aliphatic carbocycles. The number of rotatable bonds is 5. The summed E-state index contributed by atoms with van der Waals surface area (Å²) in [4.78, 5) is 0. The van der Waals surface area contributed by atoms with Crippen molar-refractivity contribution < 1.29 is 0 Å². The number of hydrogen-bond donors (Lipinski definition) is 1. The van der Waals surface area contributed by atoms with Crippen molar-refractivity contribution in [3.63, 3.8) is 0 Å². The quantitative estimate of drug-likeness (QED) is 0.784. The van der Waals surface area contributed by atoms with E-state index < -0.39 is 0 Å². The maximum atomic E-state index is 6.07. The summed E-state index contributed by atoms with van der Waals surface area (Å²) in [6.07, 6.45) is 3.34. The van der Waals surface area contributed by atoms with Gasteiger partial charge in [-0.3, -0.25) is 0 Å². The van der Waals surface area contributed by atoms with Crippen molar-refractivity contribution in [3.05, 3.63) is 35.4 Å². The van der Waals surface area contributed by atoms with Gasteiger partial charge in [0, 0.05) is 6.04 Å². The Balaban J connectivity index is 2.40. The lowest BCUT2D eigenvalue weighted by atomic mass is 9.96. The zero-order valence-corrected chi connectivity index (χ0v) is 10.2. The molecular weight excluding hydrogens is 182 g/mol. The van der Waals surface area contributed by atoms with Gasteiger partial charge in [0.15, 0.2) is 0 Å². The maximum Gasteiger partial charge on any atom is 0.00444 e. The van der Waals surface area contributed by atoms with Gasteiger partial charge in [-0.15, -0.1) is 0 Å². The molecule has 1 aromatic carbocycles. The van der Waals surface area contributed by atoms with E-state index in [0.717, 1.165) is 19.3 Å². The van der Waals surface area contributed by atoms with E-state index in [4.69, 9.17) is 5.73 Å². The van der Waals surface area contributed by atoms with E-state index >= 15 is 0 Å². The Hall–Kier alpha value is -0.820. The SMILES string of the molecule is Cc1ccccc1CCC(N)CC(C)C. The van der Waals surface area contributed by atoms with Crippen molar-refractivity contribution in [1.82, 2.24) is 0 Å². The van der Waals surface area contributed by atoms with Crippen LogP contribution < -0.4 is 5.73 Å². The maximum absolute atomic E-state index is 6.07. The first-order valence-corrected chi connectivity index (χ1v) is 5.89. The average Bonchev–Trinajstić information content (AvgIpc) is 2.15. The molecule has 0 heterocycles. The molecule has 0 aliphatic heterocycles. The Kier molecular flexibility index (Phi) is 4.83. The minimum Gasteiger partial charge on any atom is -0.328 e. The summed E-state index contributed by atoms with van der Waals surface area (Å²) in [7, 11) is 0. The predicted molar refractivity (Wildman–Crippen MR) is 66.9 cm³/mol. The number of aryl methyl sites for hydroxylation is 2. The molecule has 0 fully saturated rings. The second kappa shape index (κ2) is 5.92. The molecule has 1 nitrogen and oxygen atoms in total. The molecule has 0 saturated carbocycles. The van der Waals surface area contributed by atoms with E-state index in [1.54, 1.807) is 0 Å². The van der Waals surface area contributed by atoms with Crippen LogP contribution in [0.5, 0.6) is 0 Å². The lowest BCUT2D eigenvalue weighted by molar-refractivity contribution is 0.473. The van der Waals surface area contributed by atoms with Gasteiger partial charge in [0.25, 0.3) is 0 Å². The smallest absolute Gasteiger partial charge is 0.00444 e. The fourth-order valence-electron chi connectivity index (χ4n) is 1.95. The lowest BCUT2D eigenvalue weighted by Gasteiger charge is -2.14. The van der Waals surface area contributed by atoms with Crippen molar-refractivity contribution in [2.75, 3.05) is 0 Å². The van der Waals surface area contributed by atoms with Crippen LogP contribution in [-0.4, -0.2) is 6.04 Å². The Labute approximate surface area is 93.7 Å². The summed E-state index contributed by atoms with van der Waals surface area (Å²) in [5.41, 5.74) is 8.90. The summed E-state index contributed by atoms with van der Waals surface area (Å²) in [6.45, 7) is 6.63. The zero-order valence-electron chi connectivity index (χ0n) is 10.2. The minimum absolute atomic E-state index is 0.351. The monoisotopic (exact) mass is 205 g/mol. The zero-order chi connectivity index (χ0) is 11.3. The molecular formula is C14H23N. The van der Waals surface area contributed by atoms with Crippen LogP contribution in [0.1, 0.15) is 37.8 Å². The molecule has 2 N–H and O–H groups in total. The molecule has 0 radical (unpaired) electrons. The molecule has 84 valence electrons. The van der Waals surface area contributed by atoms with Crippen molar-refractivity contribution in [2.24, 2.45) is 11.7 Å². The van der Waals surface area contributed by atoms with Crippen molar-refractivity contribution in [3.8, 4) is 0 Å². The normalized spacial score (nSPS) is 13.1. The molecule has 0 saturated heterocycles. The molecule has 0 bridgehead atoms. The Morgan fingerprint density at radius 2 is 1.87 bits per heavy atom. The lowest BCUT2D eigenvalue weighted by Crippen LogP contribution is -2.22. The van der Waals surface area contributed by atoms with Crippen LogP contribution in [0, 0.1) is 12.8 Å². The molecule has 1 unspecified atom stereocenters. The van der Waals surface area contributed by atoms with Gasteiger partial charge in [0.1, 0.15) is 0 Å².